The Balaban J connectivity index is 2.33. The Morgan fingerprint density at radius 2 is 1.94 bits per heavy atom. The van der Waals surface area contributed by atoms with Crippen molar-refractivity contribution in [2.24, 2.45) is 0 Å². The molecule has 0 heterocycles. The van der Waals surface area contributed by atoms with Gasteiger partial charge in [-0.1, -0.05) is 30.3 Å². The minimum absolute atomic E-state index is 0.0564. The van der Waals surface area contributed by atoms with Gasteiger partial charge in [0.15, 0.2) is 0 Å². The summed E-state index contributed by atoms with van der Waals surface area (Å²) in [5.41, 5.74) is -0.189. The number of carbonyl (C=O) groups excluding carboxylic acids is 1. The van der Waals surface area contributed by atoms with Crippen LogP contribution in [0.4, 0.5) is 0 Å². The van der Waals surface area contributed by atoms with Gasteiger partial charge in [-0.3, -0.25) is 14.9 Å². The van der Waals surface area contributed by atoms with Crippen molar-refractivity contribution < 1.29 is 14.5 Å². The molecule has 0 aliphatic rings. The second-order valence-corrected chi connectivity index (χ2v) is 4.72. The second-order valence-electron chi connectivity index (χ2n) is 4.72. The van der Waals surface area contributed by atoms with E-state index >= 15 is 0 Å². The molecule has 5 nitrogen and oxygen atoms in total. The molecule has 0 aromatic heterocycles. The Kier molecular flexibility index (Phi) is 4.83. The van der Waals surface area contributed by atoms with E-state index in [4.69, 9.17) is 4.74 Å². The lowest BCUT2D eigenvalue weighted by Gasteiger charge is -2.14. The highest BCUT2D eigenvalue weighted by Crippen LogP contribution is 2.16. The molecule has 0 atom stereocenters. The van der Waals surface area contributed by atoms with Crippen LogP contribution in [-0.2, 0) is 16.1 Å². The number of esters is 1. The minimum atomic E-state index is -1.09. The van der Waals surface area contributed by atoms with Crippen LogP contribution in [0.25, 0.3) is 0 Å². The van der Waals surface area contributed by atoms with Crippen LogP contribution in [0, 0.1) is 10.1 Å². The maximum absolute atomic E-state index is 11.4. The van der Waals surface area contributed by atoms with Crippen LogP contribution in [-0.4, -0.2) is 16.4 Å². The number of carbonyl (C=O) groups is 1. The van der Waals surface area contributed by atoms with E-state index in [-0.39, 0.29) is 24.4 Å². The van der Waals surface area contributed by atoms with Gasteiger partial charge in [0, 0.05) is 25.2 Å². The third kappa shape index (κ3) is 4.53. The average Bonchev–Trinajstić information content (AvgIpc) is 2.35. The van der Waals surface area contributed by atoms with E-state index in [1.165, 1.54) is 13.8 Å². The van der Waals surface area contributed by atoms with Crippen LogP contribution < -0.4 is 0 Å². The zero-order valence-electron chi connectivity index (χ0n) is 10.6. The summed E-state index contributed by atoms with van der Waals surface area (Å²) in [6.45, 7) is 3.20. The van der Waals surface area contributed by atoms with E-state index in [0.29, 0.717) is 0 Å². The number of benzene rings is 1. The number of ether oxygens (including phenoxy) is 1. The van der Waals surface area contributed by atoms with E-state index in [2.05, 4.69) is 0 Å². The normalized spacial score (nSPS) is 11.0. The zero-order valence-corrected chi connectivity index (χ0v) is 10.6. The van der Waals surface area contributed by atoms with Gasteiger partial charge in [-0.15, -0.1) is 0 Å². The summed E-state index contributed by atoms with van der Waals surface area (Å²) in [5.74, 6) is -0.409. The number of hydrogen-bond donors (Lipinski definition) is 0. The monoisotopic (exact) mass is 251 g/mol. The van der Waals surface area contributed by atoms with E-state index in [1.54, 1.807) is 0 Å². The van der Waals surface area contributed by atoms with Crippen LogP contribution in [0.5, 0.6) is 0 Å². The Hall–Kier alpha value is -1.91. The fourth-order valence-electron chi connectivity index (χ4n) is 1.31. The first-order valence-electron chi connectivity index (χ1n) is 5.76. The maximum Gasteiger partial charge on any atom is 0.306 e. The predicted molar refractivity (Wildman–Crippen MR) is 66.5 cm³/mol. The first-order valence-corrected chi connectivity index (χ1v) is 5.76. The van der Waals surface area contributed by atoms with Crippen molar-refractivity contribution in [3.05, 3.63) is 46.0 Å². The van der Waals surface area contributed by atoms with Gasteiger partial charge in [-0.05, 0) is 5.56 Å². The summed E-state index contributed by atoms with van der Waals surface area (Å²) in [5, 5.41) is 10.7. The highest BCUT2D eigenvalue weighted by atomic mass is 16.6. The molecule has 0 saturated carbocycles. The standard InChI is InChI=1S/C13H17NO4/c1-13(2,14(16)17)9-8-12(15)18-10-11-6-4-3-5-7-11/h3-7H,8-10H2,1-2H3. The molecule has 98 valence electrons. The molecule has 0 bridgehead atoms. The lowest BCUT2D eigenvalue weighted by Crippen LogP contribution is -2.31. The van der Waals surface area contributed by atoms with Crippen molar-refractivity contribution >= 4 is 5.97 Å². The van der Waals surface area contributed by atoms with E-state index in [0.717, 1.165) is 5.56 Å². The number of rotatable bonds is 6. The van der Waals surface area contributed by atoms with Crippen molar-refractivity contribution in [3.8, 4) is 0 Å². The Morgan fingerprint density at radius 1 is 1.33 bits per heavy atom. The van der Waals surface area contributed by atoms with Crippen molar-refractivity contribution in [2.75, 3.05) is 0 Å². The lowest BCUT2D eigenvalue weighted by atomic mass is 10.00. The Labute approximate surface area is 106 Å². The molecule has 0 aliphatic carbocycles. The molecule has 0 radical (unpaired) electrons. The molecule has 5 heteroatoms. The van der Waals surface area contributed by atoms with Gasteiger partial charge in [0.1, 0.15) is 6.61 Å². The molecule has 1 aromatic rings. The zero-order chi connectivity index (χ0) is 13.6. The Bertz CT molecular complexity index is 414. The average molecular weight is 251 g/mol. The van der Waals surface area contributed by atoms with E-state index < -0.39 is 11.5 Å². The van der Waals surface area contributed by atoms with Gasteiger partial charge in [0.25, 0.3) is 0 Å². The smallest absolute Gasteiger partial charge is 0.306 e. The number of hydrogen-bond acceptors (Lipinski definition) is 4. The summed E-state index contributed by atoms with van der Waals surface area (Å²) < 4.78 is 5.04. The van der Waals surface area contributed by atoms with Gasteiger partial charge in [-0.2, -0.15) is 0 Å². The summed E-state index contributed by atoms with van der Waals surface area (Å²) >= 11 is 0. The quantitative estimate of drug-likeness (QED) is 0.442. The molecule has 0 unspecified atom stereocenters. The summed E-state index contributed by atoms with van der Waals surface area (Å²) in [6.07, 6.45) is 0.231. The fourth-order valence-corrected chi connectivity index (χ4v) is 1.31. The van der Waals surface area contributed by atoms with Crippen LogP contribution in [0.1, 0.15) is 32.3 Å². The number of nitro groups is 1. The van der Waals surface area contributed by atoms with Crippen molar-refractivity contribution in [1.82, 2.24) is 0 Å². The van der Waals surface area contributed by atoms with Gasteiger partial charge >= 0.3 is 5.97 Å². The molecule has 0 fully saturated rings. The molecule has 0 saturated heterocycles. The minimum Gasteiger partial charge on any atom is -0.461 e. The van der Waals surface area contributed by atoms with Gasteiger partial charge in [-0.25, -0.2) is 0 Å². The van der Waals surface area contributed by atoms with Crippen LogP contribution >= 0.6 is 0 Å². The number of nitrogens with zero attached hydrogens (tertiary/aromatic N) is 1. The third-order valence-corrected chi connectivity index (χ3v) is 2.68. The molecule has 0 N–H and O–H groups in total. The fraction of sp³-hybridized carbons (Fsp3) is 0.462. The highest BCUT2D eigenvalue weighted by molar-refractivity contribution is 5.69. The van der Waals surface area contributed by atoms with E-state index in [9.17, 15) is 14.9 Å². The molecule has 1 aromatic carbocycles. The van der Waals surface area contributed by atoms with Crippen LogP contribution in [0.3, 0.4) is 0 Å². The molecule has 0 aliphatic heterocycles. The summed E-state index contributed by atoms with van der Waals surface area (Å²) in [7, 11) is 0. The van der Waals surface area contributed by atoms with Gasteiger partial charge < -0.3 is 4.74 Å². The highest BCUT2D eigenvalue weighted by Gasteiger charge is 2.31. The van der Waals surface area contributed by atoms with E-state index in [1.807, 2.05) is 30.3 Å². The maximum atomic E-state index is 11.4. The molecule has 0 amide bonds. The SMILES string of the molecule is CC(C)(CCC(=O)OCc1ccccc1)[N+](=O)[O-]. The first kappa shape index (κ1) is 14.2. The second kappa shape index (κ2) is 6.14. The third-order valence-electron chi connectivity index (χ3n) is 2.68. The molecule has 1 rings (SSSR count). The van der Waals surface area contributed by atoms with Crippen LogP contribution in [0.2, 0.25) is 0 Å². The van der Waals surface area contributed by atoms with Crippen molar-refractivity contribution in [1.29, 1.82) is 0 Å². The van der Waals surface area contributed by atoms with Crippen molar-refractivity contribution in [3.63, 3.8) is 0 Å². The largest absolute Gasteiger partial charge is 0.461 e. The predicted octanol–water partition coefficient (Wildman–Crippen LogP) is 2.57. The molecular formula is C13H17NO4. The molecule has 18 heavy (non-hydrogen) atoms. The summed E-state index contributed by atoms with van der Waals surface area (Å²) in [6, 6.07) is 9.31. The first-order chi connectivity index (χ1) is 8.42. The van der Waals surface area contributed by atoms with Crippen LogP contribution in [0.15, 0.2) is 30.3 Å². The molecular weight excluding hydrogens is 234 g/mol. The topological polar surface area (TPSA) is 69.4 Å². The lowest BCUT2D eigenvalue weighted by molar-refractivity contribution is -0.561. The Morgan fingerprint density at radius 3 is 2.50 bits per heavy atom. The van der Waals surface area contributed by atoms with Crippen molar-refractivity contribution in [2.45, 2.75) is 38.8 Å². The van der Waals surface area contributed by atoms with Gasteiger partial charge in [0.05, 0.1) is 6.42 Å². The van der Waals surface area contributed by atoms with Gasteiger partial charge in [0.2, 0.25) is 5.54 Å². The summed E-state index contributed by atoms with van der Waals surface area (Å²) in [4.78, 5) is 21.7. The molecule has 0 spiro atoms.